The van der Waals surface area contributed by atoms with Gasteiger partial charge in [-0.25, -0.2) is 0 Å². The molecule has 1 aromatic carbocycles. The fourth-order valence-electron chi connectivity index (χ4n) is 1.39. The van der Waals surface area contributed by atoms with Crippen LogP contribution in [0.25, 0.3) is 0 Å². The molecule has 5 heteroatoms. The van der Waals surface area contributed by atoms with Crippen LogP contribution in [0.15, 0.2) is 18.2 Å². The van der Waals surface area contributed by atoms with Crippen molar-refractivity contribution in [1.82, 2.24) is 10.6 Å². The van der Waals surface area contributed by atoms with Crippen molar-refractivity contribution in [2.75, 3.05) is 18.4 Å². The lowest BCUT2D eigenvalue weighted by atomic mass is 10.3. The lowest BCUT2D eigenvalue weighted by Gasteiger charge is -2.14. The van der Waals surface area contributed by atoms with E-state index in [2.05, 4.69) is 16.0 Å². The third-order valence-electron chi connectivity index (χ3n) is 2.11. The van der Waals surface area contributed by atoms with Gasteiger partial charge in [0.05, 0.1) is 0 Å². The molecule has 1 saturated heterocycles. The molecular formula is C9H13N3O2. The minimum atomic E-state index is -0.118. The Balaban J connectivity index is 2.05. The van der Waals surface area contributed by atoms with Gasteiger partial charge in [0.2, 0.25) is 0 Å². The molecule has 0 bridgehead atoms. The molecule has 0 unspecified atom stereocenters. The molecule has 2 rings (SSSR count). The molecule has 0 saturated carbocycles. The first-order valence-electron chi connectivity index (χ1n) is 4.51. The molecule has 76 valence electrons. The lowest BCUT2D eigenvalue weighted by molar-refractivity contribution is 0.404. The molecule has 0 atom stereocenters. The van der Waals surface area contributed by atoms with Gasteiger partial charge in [0.25, 0.3) is 0 Å². The van der Waals surface area contributed by atoms with Crippen LogP contribution in [0.3, 0.4) is 0 Å². The van der Waals surface area contributed by atoms with Crippen LogP contribution < -0.4 is 16.0 Å². The normalized spacial score (nSPS) is 17.1. The third-order valence-corrected chi connectivity index (χ3v) is 2.11. The number of phenols is 2. The second-order valence-electron chi connectivity index (χ2n) is 3.19. The fourth-order valence-corrected chi connectivity index (χ4v) is 1.39. The van der Waals surface area contributed by atoms with Gasteiger partial charge in [-0.2, -0.15) is 0 Å². The maximum atomic E-state index is 9.24. The Bertz CT molecular complexity index is 324. The highest BCUT2D eigenvalue weighted by atomic mass is 16.3. The second kappa shape index (κ2) is 3.73. The first-order chi connectivity index (χ1) is 6.75. The summed E-state index contributed by atoms with van der Waals surface area (Å²) in [5, 5.41) is 27.8. The zero-order valence-corrected chi connectivity index (χ0v) is 7.62. The van der Waals surface area contributed by atoms with Crippen LogP contribution in [0.5, 0.6) is 11.5 Å². The van der Waals surface area contributed by atoms with Crippen molar-refractivity contribution in [2.45, 2.75) is 6.29 Å². The van der Waals surface area contributed by atoms with Crippen LogP contribution >= 0.6 is 0 Å². The van der Waals surface area contributed by atoms with E-state index in [0.29, 0.717) is 0 Å². The number of rotatable bonds is 2. The number of nitrogens with one attached hydrogen (secondary N) is 3. The van der Waals surface area contributed by atoms with E-state index in [9.17, 15) is 5.11 Å². The standard InChI is InChI=1S/C9H13N3O2/c13-7-2-1-6(5-8(7)14)12-9-10-3-4-11-9/h1-2,5,9-14H,3-4H2. The number of aromatic hydroxyl groups is 2. The molecule has 0 amide bonds. The largest absolute Gasteiger partial charge is 0.504 e. The minimum absolute atomic E-state index is 0.0268. The fraction of sp³-hybridized carbons (Fsp3) is 0.333. The highest BCUT2D eigenvalue weighted by molar-refractivity contribution is 5.53. The summed E-state index contributed by atoms with van der Waals surface area (Å²) in [7, 11) is 0. The third kappa shape index (κ3) is 1.89. The molecule has 0 aromatic heterocycles. The number of anilines is 1. The van der Waals surface area contributed by atoms with Gasteiger partial charge in [-0.15, -0.1) is 0 Å². The first-order valence-corrected chi connectivity index (χ1v) is 4.51. The van der Waals surface area contributed by atoms with Gasteiger partial charge in [0, 0.05) is 24.8 Å². The molecule has 1 aliphatic rings. The van der Waals surface area contributed by atoms with Gasteiger partial charge < -0.3 is 15.5 Å². The smallest absolute Gasteiger partial charge is 0.159 e. The summed E-state index contributed by atoms with van der Waals surface area (Å²) in [4.78, 5) is 0. The van der Waals surface area contributed by atoms with Crippen LogP contribution in [0, 0.1) is 0 Å². The van der Waals surface area contributed by atoms with Crippen LogP contribution in [0.1, 0.15) is 0 Å². The lowest BCUT2D eigenvalue weighted by Crippen LogP contribution is -2.38. The van der Waals surface area contributed by atoms with Gasteiger partial charge in [-0.05, 0) is 12.1 Å². The van der Waals surface area contributed by atoms with E-state index < -0.39 is 0 Å². The van der Waals surface area contributed by atoms with Crippen molar-refractivity contribution in [2.24, 2.45) is 0 Å². The molecular weight excluding hydrogens is 182 g/mol. The Morgan fingerprint density at radius 3 is 2.50 bits per heavy atom. The molecule has 0 radical (unpaired) electrons. The molecule has 5 N–H and O–H groups in total. The van der Waals surface area contributed by atoms with E-state index in [1.807, 2.05) is 0 Å². The average Bonchev–Trinajstić information content (AvgIpc) is 2.64. The highest BCUT2D eigenvalue weighted by Gasteiger charge is 2.12. The molecule has 14 heavy (non-hydrogen) atoms. The van der Waals surface area contributed by atoms with Gasteiger partial charge in [0.1, 0.15) is 6.29 Å². The van der Waals surface area contributed by atoms with Gasteiger partial charge in [0.15, 0.2) is 11.5 Å². The average molecular weight is 195 g/mol. The van der Waals surface area contributed by atoms with Gasteiger partial charge >= 0.3 is 0 Å². The quantitative estimate of drug-likeness (QED) is 0.339. The minimum Gasteiger partial charge on any atom is -0.504 e. The van der Waals surface area contributed by atoms with Crippen molar-refractivity contribution in [3.63, 3.8) is 0 Å². The van der Waals surface area contributed by atoms with Crippen molar-refractivity contribution in [1.29, 1.82) is 0 Å². The Morgan fingerprint density at radius 1 is 1.14 bits per heavy atom. The van der Waals surface area contributed by atoms with Gasteiger partial charge in [-0.1, -0.05) is 0 Å². The van der Waals surface area contributed by atoms with Crippen molar-refractivity contribution < 1.29 is 10.2 Å². The van der Waals surface area contributed by atoms with Crippen LogP contribution in [0.4, 0.5) is 5.69 Å². The maximum absolute atomic E-state index is 9.24. The Kier molecular flexibility index (Phi) is 2.43. The summed E-state index contributed by atoms with van der Waals surface area (Å²) in [5.74, 6) is -0.226. The molecule has 1 heterocycles. The summed E-state index contributed by atoms with van der Waals surface area (Å²) in [6.45, 7) is 1.84. The predicted octanol–water partition coefficient (Wildman–Crippen LogP) is -0.0139. The Hall–Kier alpha value is -1.46. The number of phenolic OH excluding ortho intramolecular Hbond substituents is 2. The molecule has 1 aliphatic heterocycles. The number of hydrogen-bond donors (Lipinski definition) is 5. The highest BCUT2D eigenvalue weighted by Crippen LogP contribution is 2.27. The van der Waals surface area contributed by atoms with Crippen LogP contribution in [0.2, 0.25) is 0 Å². The van der Waals surface area contributed by atoms with Crippen molar-refractivity contribution >= 4 is 5.69 Å². The van der Waals surface area contributed by atoms with E-state index in [4.69, 9.17) is 5.11 Å². The molecule has 0 aliphatic carbocycles. The van der Waals surface area contributed by atoms with E-state index in [-0.39, 0.29) is 17.8 Å². The number of benzene rings is 1. The van der Waals surface area contributed by atoms with E-state index >= 15 is 0 Å². The summed E-state index contributed by atoms with van der Waals surface area (Å²) >= 11 is 0. The number of hydrogen-bond acceptors (Lipinski definition) is 5. The second-order valence-corrected chi connectivity index (χ2v) is 3.19. The Morgan fingerprint density at radius 2 is 1.86 bits per heavy atom. The van der Waals surface area contributed by atoms with Gasteiger partial charge in [-0.3, -0.25) is 10.6 Å². The zero-order valence-electron chi connectivity index (χ0n) is 7.62. The SMILES string of the molecule is Oc1ccc(NC2NCCN2)cc1O. The molecule has 1 aromatic rings. The molecule has 5 nitrogen and oxygen atoms in total. The monoisotopic (exact) mass is 195 g/mol. The molecule has 1 fully saturated rings. The topological polar surface area (TPSA) is 76.5 Å². The summed E-state index contributed by atoms with van der Waals surface area (Å²) in [6, 6.07) is 4.64. The van der Waals surface area contributed by atoms with Crippen molar-refractivity contribution in [3.8, 4) is 11.5 Å². The zero-order chi connectivity index (χ0) is 9.97. The van der Waals surface area contributed by atoms with E-state index in [1.54, 1.807) is 6.07 Å². The predicted molar refractivity (Wildman–Crippen MR) is 53.2 cm³/mol. The van der Waals surface area contributed by atoms with Crippen LogP contribution in [-0.4, -0.2) is 29.6 Å². The molecule has 0 spiro atoms. The maximum Gasteiger partial charge on any atom is 0.159 e. The summed E-state index contributed by atoms with van der Waals surface area (Å²) < 4.78 is 0. The first kappa shape index (κ1) is 9.11. The summed E-state index contributed by atoms with van der Waals surface area (Å²) in [5.41, 5.74) is 0.757. The summed E-state index contributed by atoms with van der Waals surface area (Å²) in [6.07, 6.45) is 0.0268. The van der Waals surface area contributed by atoms with Crippen LogP contribution in [-0.2, 0) is 0 Å². The van der Waals surface area contributed by atoms with E-state index in [0.717, 1.165) is 18.8 Å². The van der Waals surface area contributed by atoms with E-state index in [1.165, 1.54) is 12.1 Å². The Labute approximate surface area is 81.8 Å². The van der Waals surface area contributed by atoms with Crippen molar-refractivity contribution in [3.05, 3.63) is 18.2 Å².